The number of urea groups is 1. The molecule has 0 aliphatic carbocycles. The van der Waals surface area contributed by atoms with Gasteiger partial charge in [-0.2, -0.15) is 0 Å². The van der Waals surface area contributed by atoms with Gasteiger partial charge in [-0.25, -0.2) is 4.79 Å². The lowest BCUT2D eigenvalue weighted by Crippen LogP contribution is -2.45. The lowest BCUT2D eigenvalue weighted by atomic mass is 9.88. The van der Waals surface area contributed by atoms with E-state index in [2.05, 4.69) is 5.32 Å². The van der Waals surface area contributed by atoms with Crippen molar-refractivity contribution in [2.75, 3.05) is 33.4 Å². The molecule has 0 spiro atoms. The van der Waals surface area contributed by atoms with Crippen LogP contribution in [-0.2, 0) is 9.53 Å². The third kappa shape index (κ3) is 5.35. The number of nitrogens with zero attached hydrogens (tertiary/aromatic N) is 1. The minimum atomic E-state index is -0.920. The van der Waals surface area contributed by atoms with Crippen LogP contribution in [0.5, 0.6) is 0 Å². The summed E-state index contributed by atoms with van der Waals surface area (Å²) in [6, 6.07) is -0.282. The average molecular weight is 260 g/mol. The number of carboxylic acids is 1. The first-order chi connectivity index (χ1) is 8.37. The van der Waals surface area contributed by atoms with Crippen molar-refractivity contribution in [2.24, 2.45) is 5.41 Å². The van der Waals surface area contributed by atoms with Gasteiger partial charge in [-0.3, -0.25) is 4.79 Å². The Balaban J connectivity index is 4.12. The van der Waals surface area contributed by atoms with Gasteiger partial charge < -0.3 is 20.1 Å². The van der Waals surface area contributed by atoms with Crippen molar-refractivity contribution in [2.45, 2.75) is 27.2 Å². The number of carboxylic acid groups (broad SMARTS) is 1. The van der Waals surface area contributed by atoms with E-state index in [4.69, 9.17) is 9.84 Å². The number of hydrogen-bond donors (Lipinski definition) is 2. The first kappa shape index (κ1) is 16.7. The second-order valence-electron chi connectivity index (χ2n) is 4.50. The molecule has 106 valence electrons. The first-order valence-electron chi connectivity index (χ1n) is 6.17. The molecule has 0 aliphatic heterocycles. The van der Waals surface area contributed by atoms with Crippen LogP contribution in [0.4, 0.5) is 4.79 Å². The minimum absolute atomic E-state index is 0.122. The maximum atomic E-state index is 11.7. The Kier molecular flexibility index (Phi) is 7.35. The van der Waals surface area contributed by atoms with Crippen LogP contribution in [0.15, 0.2) is 0 Å². The lowest BCUT2D eigenvalue weighted by molar-refractivity contribution is -0.147. The molecule has 0 saturated carbocycles. The molecule has 0 bridgehead atoms. The van der Waals surface area contributed by atoms with Gasteiger partial charge in [-0.15, -0.1) is 0 Å². The SMILES string of the molecule is CCOCCN(C)C(=O)NCC(C)(CC)C(=O)O. The van der Waals surface area contributed by atoms with Gasteiger partial charge in [0.05, 0.1) is 12.0 Å². The zero-order valence-electron chi connectivity index (χ0n) is 11.7. The molecule has 1 atom stereocenters. The van der Waals surface area contributed by atoms with Gasteiger partial charge >= 0.3 is 12.0 Å². The summed E-state index contributed by atoms with van der Waals surface area (Å²) in [6.45, 7) is 6.99. The molecule has 0 aromatic rings. The second-order valence-corrected chi connectivity index (χ2v) is 4.50. The number of rotatable bonds is 8. The van der Waals surface area contributed by atoms with E-state index < -0.39 is 11.4 Å². The largest absolute Gasteiger partial charge is 0.481 e. The normalized spacial score (nSPS) is 13.8. The Morgan fingerprint density at radius 3 is 2.44 bits per heavy atom. The Hall–Kier alpha value is -1.30. The molecule has 2 amide bonds. The van der Waals surface area contributed by atoms with Gasteiger partial charge in [0.25, 0.3) is 0 Å². The maximum Gasteiger partial charge on any atom is 0.317 e. The summed E-state index contributed by atoms with van der Waals surface area (Å²) in [5, 5.41) is 11.7. The number of carbonyl (C=O) groups is 2. The highest BCUT2D eigenvalue weighted by molar-refractivity contribution is 5.77. The molecule has 0 heterocycles. The van der Waals surface area contributed by atoms with Crippen molar-refractivity contribution in [3.8, 4) is 0 Å². The predicted molar refractivity (Wildman–Crippen MR) is 68.6 cm³/mol. The quantitative estimate of drug-likeness (QED) is 0.642. The van der Waals surface area contributed by atoms with Crippen LogP contribution in [-0.4, -0.2) is 55.4 Å². The number of carbonyl (C=O) groups excluding carboxylic acids is 1. The number of amides is 2. The highest BCUT2D eigenvalue weighted by Gasteiger charge is 2.31. The zero-order valence-corrected chi connectivity index (χ0v) is 11.7. The third-order valence-electron chi connectivity index (χ3n) is 3.05. The van der Waals surface area contributed by atoms with Crippen molar-refractivity contribution in [3.63, 3.8) is 0 Å². The molecule has 0 aromatic carbocycles. The van der Waals surface area contributed by atoms with Gasteiger partial charge in [-0.05, 0) is 20.3 Å². The lowest BCUT2D eigenvalue weighted by Gasteiger charge is -2.25. The number of hydrogen-bond acceptors (Lipinski definition) is 3. The van der Waals surface area contributed by atoms with Crippen molar-refractivity contribution < 1.29 is 19.4 Å². The summed E-state index contributed by atoms with van der Waals surface area (Å²) < 4.78 is 5.14. The predicted octanol–water partition coefficient (Wildman–Crippen LogP) is 1.17. The zero-order chi connectivity index (χ0) is 14.2. The third-order valence-corrected chi connectivity index (χ3v) is 3.05. The highest BCUT2D eigenvalue weighted by atomic mass is 16.5. The number of likely N-dealkylation sites (N-methyl/N-ethyl adjacent to an activating group) is 1. The Morgan fingerprint density at radius 1 is 1.39 bits per heavy atom. The average Bonchev–Trinajstić information content (AvgIpc) is 2.35. The van der Waals surface area contributed by atoms with E-state index in [1.54, 1.807) is 20.9 Å². The molecule has 18 heavy (non-hydrogen) atoms. The van der Waals surface area contributed by atoms with Gasteiger partial charge in [0, 0.05) is 26.7 Å². The van der Waals surface area contributed by atoms with Crippen LogP contribution in [0.3, 0.4) is 0 Å². The standard InChI is InChI=1S/C12H24N2O4/c1-5-12(3,10(15)16)9-13-11(17)14(4)7-8-18-6-2/h5-9H2,1-4H3,(H,13,17)(H,15,16). The van der Waals surface area contributed by atoms with Gasteiger partial charge in [-0.1, -0.05) is 6.92 Å². The van der Waals surface area contributed by atoms with Crippen LogP contribution >= 0.6 is 0 Å². The monoisotopic (exact) mass is 260 g/mol. The van der Waals surface area contributed by atoms with E-state index >= 15 is 0 Å². The van der Waals surface area contributed by atoms with E-state index in [0.29, 0.717) is 26.2 Å². The fraction of sp³-hybridized carbons (Fsp3) is 0.833. The second kappa shape index (κ2) is 7.92. The van der Waals surface area contributed by atoms with Crippen LogP contribution in [0.25, 0.3) is 0 Å². The number of ether oxygens (including phenoxy) is 1. The summed E-state index contributed by atoms with van der Waals surface area (Å²) in [5.74, 6) is -0.901. The summed E-state index contributed by atoms with van der Waals surface area (Å²) in [6.07, 6.45) is 0.464. The van der Waals surface area contributed by atoms with E-state index in [0.717, 1.165) is 0 Å². The van der Waals surface area contributed by atoms with Crippen LogP contribution in [0.1, 0.15) is 27.2 Å². The Bertz CT molecular complexity index is 283. The number of nitrogens with one attached hydrogen (secondary N) is 1. The van der Waals surface area contributed by atoms with Crippen molar-refractivity contribution >= 4 is 12.0 Å². The molecular formula is C12H24N2O4. The summed E-state index contributed by atoms with van der Waals surface area (Å²) >= 11 is 0. The van der Waals surface area contributed by atoms with Gasteiger partial charge in [0.15, 0.2) is 0 Å². The highest BCUT2D eigenvalue weighted by Crippen LogP contribution is 2.19. The van der Waals surface area contributed by atoms with E-state index in [1.807, 2.05) is 6.92 Å². The molecule has 1 unspecified atom stereocenters. The maximum absolute atomic E-state index is 11.7. The Labute approximate surface area is 108 Å². The van der Waals surface area contributed by atoms with E-state index in [9.17, 15) is 9.59 Å². The van der Waals surface area contributed by atoms with Crippen LogP contribution < -0.4 is 5.32 Å². The van der Waals surface area contributed by atoms with Crippen LogP contribution in [0.2, 0.25) is 0 Å². The molecule has 0 aliphatic rings. The topological polar surface area (TPSA) is 78.9 Å². The molecule has 0 radical (unpaired) electrons. The fourth-order valence-electron chi connectivity index (χ4n) is 1.20. The fourth-order valence-corrected chi connectivity index (χ4v) is 1.20. The summed E-state index contributed by atoms with van der Waals surface area (Å²) in [4.78, 5) is 24.2. The van der Waals surface area contributed by atoms with Crippen LogP contribution in [0, 0.1) is 5.41 Å². The summed E-state index contributed by atoms with van der Waals surface area (Å²) in [5.41, 5.74) is -0.920. The smallest absolute Gasteiger partial charge is 0.317 e. The van der Waals surface area contributed by atoms with Crippen molar-refractivity contribution in [1.82, 2.24) is 10.2 Å². The van der Waals surface area contributed by atoms with E-state index in [-0.39, 0.29) is 12.6 Å². The minimum Gasteiger partial charge on any atom is -0.481 e. The molecule has 0 fully saturated rings. The first-order valence-corrected chi connectivity index (χ1v) is 6.17. The van der Waals surface area contributed by atoms with Gasteiger partial charge in [0.1, 0.15) is 0 Å². The Morgan fingerprint density at radius 2 is 2.00 bits per heavy atom. The number of aliphatic carboxylic acids is 1. The van der Waals surface area contributed by atoms with Crippen molar-refractivity contribution in [1.29, 1.82) is 0 Å². The molecule has 0 saturated heterocycles. The molecule has 2 N–H and O–H groups in total. The molecule has 6 heteroatoms. The molecular weight excluding hydrogens is 236 g/mol. The van der Waals surface area contributed by atoms with Crippen molar-refractivity contribution in [3.05, 3.63) is 0 Å². The summed E-state index contributed by atoms with van der Waals surface area (Å²) in [7, 11) is 1.65. The van der Waals surface area contributed by atoms with Gasteiger partial charge in [0.2, 0.25) is 0 Å². The van der Waals surface area contributed by atoms with E-state index in [1.165, 1.54) is 4.90 Å². The molecule has 0 aromatic heterocycles. The molecule has 6 nitrogen and oxygen atoms in total. The molecule has 0 rings (SSSR count).